The molecule has 0 atom stereocenters. The van der Waals surface area contributed by atoms with Crippen LogP contribution in [0, 0.1) is 0 Å². The van der Waals surface area contributed by atoms with E-state index in [1.807, 2.05) is 91.9 Å². The van der Waals surface area contributed by atoms with E-state index in [4.69, 9.17) is 0 Å². The fraction of sp³-hybridized carbons (Fsp3) is 0.0323. The van der Waals surface area contributed by atoms with Gasteiger partial charge in [-0.25, -0.2) is 0 Å². The fourth-order valence-corrected chi connectivity index (χ4v) is 3.72. The highest BCUT2D eigenvalue weighted by Crippen LogP contribution is 2.23. The zero-order valence-corrected chi connectivity index (χ0v) is 19.5. The molecule has 4 nitrogen and oxygen atoms in total. The summed E-state index contributed by atoms with van der Waals surface area (Å²) in [6, 6.07) is 29.9. The molecule has 0 spiro atoms. The number of hydrogen-bond acceptors (Lipinski definition) is 2. The molecule has 0 bridgehead atoms. The number of carbonyl (C=O) groups excluding carboxylic acids is 2. The minimum absolute atomic E-state index is 0.159. The van der Waals surface area contributed by atoms with Crippen LogP contribution in [0.1, 0.15) is 38.8 Å². The van der Waals surface area contributed by atoms with Crippen molar-refractivity contribution < 1.29 is 9.59 Å². The SMILES string of the molecule is C=Cc1ccc(NC(=O)c2ccc(-c3ccc(C(=O)Nc4ccccc4)cc3)cc2)cc1/C=C\C. The second kappa shape index (κ2) is 10.9. The Balaban J connectivity index is 1.43. The lowest BCUT2D eigenvalue weighted by Gasteiger charge is -2.09. The molecule has 4 heteroatoms. The van der Waals surface area contributed by atoms with Gasteiger partial charge in [0.1, 0.15) is 0 Å². The molecule has 0 aliphatic carbocycles. The van der Waals surface area contributed by atoms with Gasteiger partial charge in [0.25, 0.3) is 11.8 Å². The van der Waals surface area contributed by atoms with Crippen LogP contribution in [0.2, 0.25) is 0 Å². The molecule has 0 saturated heterocycles. The molecule has 4 aromatic carbocycles. The second-order valence-electron chi connectivity index (χ2n) is 7.98. The van der Waals surface area contributed by atoms with Gasteiger partial charge in [0.05, 0.1) is 0 Å². The third-order valence-corrected chi connectivity index (χ3v) is 5.57. The molecule has 0 saturated carbocycles. The van der Waals surface area contributed by atoms with Crippen LogP contribution in [-0.4, -0.2) is 11.8 Å². The van der Waals surface area contributed by atoms with Gasteiger partial charge < -0.3 is 10.6 Å². The van der Waals surface area contributed by atoms with Crippen molar-refractivity contribution in [3.63, 3.8) is 0 Å². The summed E-state index contributed by atoms with van der Waals surface area (Å²) in [5.74, 6) is -0.337. The van der Waals surface area contributed by atoms with Gasteiger partial charge in [-0.15, -0.1) is 0 Å². The number of carbonyl (C=O) groups is 2. The molecule has 0 aromatic heterocycles. The van der Waals surface area contributed by atoms with Gasteiger partial charge in [0.15, 0.2) is 0 Å². The van der Waals surface area contributed by atoms with Crippen LogP contribution < -0.4 is 10.6 Å². The maximum atomic E-state index is 12.8. The Morgan fingerprint density at radius 1 is 0.657 bits per heavy atom. The Bertz CT molecular complexity index is 1370. The highest BCUT2D eigenvalue weighted by molar-refractivity contribution is 6.05. The van der Waals surface area contributed by atoms with Crippen LogP contribution in [-0.2, 0) is 0 Å². The van der Waals surface area contributed by atoms with Crippen LogP contribution in [0.25, 0.3) is 23.3 Å². The molecule has 172 valence electrons. The van der Waals surface area contributed by atoms with E-state index in [-0.39, 0.29) is 11.8 Å². The zero-order valence-electron chi connectivity index (χ0n) is 19.5. The number of rotatable bonds is 7. The average Bonchev–Trinajstić information content (AvgIpc) is 2.90. The lowest BCUT2D eigenvalue weighted by molar-refractivity contribution is 0.101. The number of nitrogens with one attached hydrogen (secondary N) is 2. The Hall–Kier alpha value is -4.70. The third-order valence-electron chi connectivity index (χ3n) is 5.57. The molecular formula is C31H26N2O2. The highest BCUT2D eigenvalue weighted by atomic mass is 16.2. The lowest BCUT2D eigenvalue weighted by atomic mass is 10.0. The van der Waals surface area contributed by atoms with E-state index in [0.29, 0.717) is 11.1 Å². The van der Waals surface area contributed by atoms with Gasteiger partial charge in [-0.1, -0.05) is 73.3 Å². The first-order valence-corrected chi connectivity index (χ1v) is 11.3. The van der Waals surface area contributed by atoms with Crippen LogP contribution >= 0.6 is 0 Å². The van der Waals surface area contributed by atoms with Crippen molar-refractivity contribution in [2.24, 2.45) is 0 Å². The monoisotopic (exact) mass is 458 g/mol. The normalized spacial score (nSPS) is 10.7. The van der Waals surface area contributed by atoms with Crippen molar-refractivity contribution in [2.45, 2.75) is 6.92 Å². The summed E-state index contributed by atoms with van der Waals surface area (Å²) in [6.45, 7) is 5.79. The maximum Gasteiger partial charge on any atom is 0.255 e. The highest BCUT2D eigenvalue weighted by Gasteiger charge is 2.09. The van der Waals surface area contributed by atoms with E-state index in [1.165, 1.54) is 0 Å². The van der Waals surface area contributed by atoms with E-state index in [9.17, 15) is 9.59 Å². The van der Waals surface area contributed by atoms with Gasteiger partial charge in [-0.2, -0.15) is 0 Å². The summed E-state index contributed by atoms with van der Waals surface area (Å²) in [6.07, 6.45) is 5.73. The van der Waals surface area contributed by atoms with Gasteiger partial charge in [0, 0.05) is 22.5 Å². The van der Waals surface area contributed by atoms with Crippen LogP contribution in [0.15, 0.2) is 110 Å². The number of hydrogen-bond donors (Lipinski definition) is 2. The first kappa shape index (κ1) is 23.5. The van der Waals surface area contributed by atoms with Crippen molar-refractivity contribution in [2.75, 3.05) is 10.6 Å². The largest absolute Gasteiger partial charge is 0.322 e. The van der Waals surface area contributed by atoms with E-state index in [1.54, 1.807) is 30.3 Å². The van der Waals surface area contributed by atoms with Crippen LogP contribution in [0.3, 0.4) is 0 Å². The van der Waals surface area contributed by atoms with E-state index in [0.717, 1.165) is 33.6 Å². The second-order valence-corrected chi connectivity index (χ2v) is 7.98. The lowest BCUT2D eigenvalue weighted by Crippen LogP contribution is -2.12. The minimum Gasteiger partial charge on any atom is -0.322 e. The smallest absolute Gasteiger partial charge is 0.255 e. The maximum absolute atomic E-state index is 12.8. The standard InChI is InChI=1S/C31H26N2O2/c1-3-8-27-21-29(20-19-22(27)4-2)33-31(35)26-17-13-24(14-18-26)23-11-15-25(16-12-23)30(34)32-28-9-6-5-7-10-28/h3-21H,2H2,1H3,(H,32,34)(H,33,35)/b8-3-. The van der Waals surface area contributed by atoms with Crippen molar-refractivity contribution >= 4 is 35.3 Å². The molecule has 0 aliphatic heterocycles. The Kier molecular flexibility index (Phi) is 7.34. The summed E-state index contributed by atoms with van der Waals surface area (Å²) < 4.78 is 0. The van der Waals surface area contributed by atoms with Crippen molar-refractivity contribution in [1.29, 1.82) is 0 Å². The predicted molar refractivity (Wildman–Crippen MR) is 145 cm³/mol. The summed E-state index contributed by atoms with van der Waals surface area (Å²) in [7, 11) is 0. The van der Waals surface area contributed by atoms with E-state index in [2.05, 4.69) is 17.2 Å². The van der Waals surface area contributed by atoms with Crippen molar-refractivity contribution in [1.82, 2.24) is 0 Å². The molecular weight excluding hydrogens is 432 g/mol. The molecule has 35 heavy (non-hydrogen) atoms. The topological polar surface area (TPSA) is 58.2 Å². The number of benzene rings is 4. The Morgan fingerprint density at radius 2 is 1.20 bits per heavy atom. The van der Waals surface area contributed by atoms with Crippen molar-refractivity contribution in [3.8, 4) is 11.1 Å². The van der Waals surface area contributed by atoms with Gasteiger partial charge in [-0.3, -0.25) is 9.59 Å². The Labute approximate surface area is 205 Å². The molecule has 2 amide bonds. The molecule has 0 radical (unpaired) electrons. The molecule has 0 fully saturated rings. The first-order valence-electron chi connectivity index (χ1n) is 11.3. The van der Waals surface area contributed by atoms with Gasteiger partial charge in [0.2, 0.25) is 0 Å². The summed E-state index contributed by atoms with van der Waals surface area (Å²) >= 11 is 0. The van der Waals surface area contributed by atoms with Gasteiger partial charge >= 0.3 is 0 Å². The summed E-state index contributed by atoms with van der Waals surface area (Å²) in [5, 5.41) is 5.84. The zero-order chi connectivity index (χ0) is 24.6. The minimum atomic E-state index is -0.178. The number of para-hydroxylation sites is 1. The first-order chi connectivity index (χ1) is 17.1. The number of amides is 2. The third kappa shape index (κ3) is 5.81. The van der Waals surface area contributed by atoms with Crippen molar-refractivity contribution in [3.05, 3.63) is 132 Å². The summed E-state index contributed by atoms with van der Waals surface area (Å²) in [4.78, 5) is 25.2. The fourth-order valence-electron chi connectivity index (χ4n) is 3.72. The number of anilines is 2. The average molecular weight is 459 g/mol. The molecule has 0 unspecified atom stereocenters. The van der Waals surface area contributed by atoms with Crippen LogP contribution in [0.5, 0.6) is 0 Å². The van der Waals surface area contributed by atoms with Gasteiger partial charge in [-0.05, 0) is 77.7 Å². The summed E-state index contributed by atoms with van der Waals surface area (Å²) in [5.41, 5.74) is 6.55. The molecule has 0 heterocycles. The molecule has 0 aliphatic rings. The molecule has 4 rings (SSSR count). The Morgan fingerprint density at radius 3 is 1.71 bits per heavy atom. The number of allylic oxidation sites excluding steroid dienone is 1. The quantitative estimate of drug-likeness (QED) is 0.301. The van der Waals surface area contributed by atoms with E-state index >= 15 is 0 Å². The molecule has 4 aromatic rings. The van der Waals surface area contributed by atoms with Crippen LogP contribution in [0.4, 0.5) is 11.4 Å². The van der Waals surface area contributed by atoms with E-state index < -0.39 is 0 Å². The molecule has 2 N–H and O–H groups in total. The predicted octanol–water partition coefficient (Wildman–Crippen LogP) is 7.53.